The molecule has 0 aromatic heterocycles. The minimum Gasteiger partial charge on any atom is -0.493 e. The highest BCUT2D eigenvalue weighted by Gasteiger charge is 2.77. The number of carbonyl (C=O) groups excluding carboxylic acids is 1. The molecule has 0 radical (unpaired) electrons. The molecule has 7 heteroatoms. The fourth-order valence-electron chi connectivity index (χ4n) is 10.2. The molecule has 9 atom stereocenters. The first kappa shape index (κ1) is 24.2. The van der Waals surface area contributed by atoms with E-state index in [9.17, 15) is 14.1 Å². The molecule has 0 unspecified atom stereocenters. The summed E-state index contributed by atoms with van der Waals surface area (Å²) in [7, 11) is 1.89. The van der Waals surface area contributed by atoms with Crippen LogP contribution in [0, 0.1) is 34.5 Å². The number of aliphatic hydroxyl groups excluding tert-OH is 1. The molecular weight excluding hydrogens is 486 g/mol. The van der Waals surface area contributed by atoms with Gasteiger partial charge in [0.2, 0.25) is 5.91 Å². The highest BCUT2D eigenvalue weighted by Crippen LogP contribution is 2.70. The third-order valence-corrected chi connectivity index (χ3v) is 14.5. The normalized spacial score (nSPS) is 44.6. The summed E-state index contributed by atoms with van der Waals surface area (Å²) in [5.41, 5.74) is 1.27. The van der Waals surface area contributed by atoms with Gasteiger partial charge < -0.3 is 19.5 Å². The van der Waals surface area contributed by atoms with Gasteiger partial charge in [-0.1, -0.05) is 26.0 Å². The summed E-state index contributed by atoms with van der Waals surface area (Å²) in [5.74, 6) is 2.44. The Bertz CT molecular complexity index is 1260. The lowest BCUT2D eigenvalue weighted by Crippen LogP contribution is -2.55. The van der Waals surface area contributed by atoms with Crippen molar-refractivity contribution in [1.82, 2.24) is 4.90 Å². The van der Waals surface area contributed by atoms with Crippen LogP contribution in [0.2, 0.25) is 0 Å². The van der Waals surface area contributed by atoms with Gasteiger partial charge >= 0.3 is 0 Å². The average Bonchev–Trinajstić information content (AvgIpc) is 3.62. The van der Waals surface area contributed by atoms with Gasteiger partial charge in [0.05, 0.1) is 25.9 Å². The second kappa shape index (κ2) is 7.41. The van der Waals surface area contributed by atoms with Gasteiger partial charge in [0.25, 0.3) is 0 Å². The van der Waals surface area contributed by atoms with E-state index in [1.165, 1.54) is 5.56 Å². The number of ether oxygens (including phenoxy) is 2. The Kier molecular flexibility index (Phi) is 4.85. The summed E-state index contributed by atoms with van der Waals surface area (Å²) < 4.78 is 25.3. The summed E-state index contributed by atoms with van der Waals surface area (Å²) in [4.78, 5) is 16.7. The van der Waals surface area contributed by atoms with Crippen LogP contribution in [0.1, 0.15) is 57.6 Å². The van der Waals surface area contributed by atoms with Crippen molar-refractivity contribution < 1.29 is 23.6 Å². The molecule has 4 aliphatic carbocycles. The fraction of sp³-hybridized carbons (Fsp3) is 0.700. The van der Waals surface area contributed by atoms with Gasteiger partial charge in [-0.2, -0.15) is 0 Å². The van der Waals surface area contributed by atoms with E-state index in [1.807, 2.05) is 0 Å². The van der Waals surface area contributed by atoms with Crippen molar-refractivity contribution in [3.8, 4) is 11.5 Å². The van der Waals surface area contributed by atoms with Gasteiger partial charge in [0.15, 0.2) is 11.5 Å². The van der Waals surface area contributed by atoms with E-state index in [-0.39, 0.29) is 34.5 Å². The van der Waals surface area contributed by atoms with E-state index in [4.69, 9.17) is 9.47 Å². The quantitative estimate of drug-likeness (QED) is 0.592. The van der Waals surface area contributed by atoms with Crippen LogP contribution in [0.25, 0.3) is 0 Å². The van der Waals surface area contributed by atoms with E-state index in [0.29, 0.717) is 29.7 Å². The van der Waals surface area contributed by atoms with E-state index in [0.717, 1.165) is 37.7 Å². The van der Waals surface area contributed by atoms with E-state index in [2.05, 4.69) is 50.0 Å². The number of rotatable bonds is 5. The van der Waals surface area contributed by atoms with Crippen LogP contribution in [0.4, 0.5) is 0 Å². The van der Waals surface area contributed by atoms with Crippen molar-refractivity contribution in [3.63, 3.8) is 0 Å². The molecule has 3 saturated carbocycles. The molecule has 2 aliphatic heterocycles. The van der Waals surface area contributed by atoms with Crippen LogP contribution >= 0.6 is 0 Å². The maximum Gasteiger partial charge on any atom is 0.243 e. The van der Waals surface area contributed by atoms with E-state index >= 15 is 0 Å². The zero-order valence-corrected chi connectivity index (χ0v) is 23.4. The van der Waals surface area contributed by atoms with Gasteiger partial charge in [-0.15, -0.1) is 0 Å². The predicted molar refractivity (Wildman–Crippen MR) is 142 cm³/mol. The summed E-state index contributed by atoms with van der Waals surface area (Å²) in [6.07, 6.45) is 8.41. The standard InChI is InChI=1S/C30H39NO5S/c1-27(2)19-8-10-29(27,24(32)14-19)16-37(34)30-20-7-6-18(12-20)25(30)28(3)21-15-23(36-5)22(35-4)13-17(21)9-11-31(28)26(30)33/h6-7,13,15,18-20,24-25,32H,8-12,14,16H2,1-5H3/t18-,19-,20+,24-,25+,28+,29-,30-,37-/m1/s1. The first-order chi connectivity index (χ1) is 17.6. The number of nitrogens with zero attached hydrogens (tertiary/aromatic N) is 1. The molecule has 4 bridgehead atoms. The maximum atomic E-state index is 14.9. The van der Waals surface area contributed by atoms with Crippen molar-refractivity contribution in [2.75, 3.05) is 26.5 Å². The third-order valence-electron chi connectivity index (χ3n) is 12.2. The Hall–Kier alpha value is -1.86. The number of hydrogen-bond donors (Lipinski definition) is 1. The molecule has 7 rings (SSSR count). The molecule has 37 heavy (non-hydrogen) atoms. The van der Waals surface area contributed by atoms with Crippen molar-refractivity contribution in [1.29, 1.82) is 0 Å². The molecular formula is C30H39NO5S. The maximum absolute atomic E-state index is 14.9. The molecule has 1 N–H and O–H groups in total. The van der Waals surface area contributed by atoms with E-state index < -0.39 is 27.2 Å². The molecule has 4 fully saturated rings. The van der Waals surface area contributed by atoms with Crippen molar-refractivity contribution in [3.05, 3.63) is 35.4 Å². The number of fused-ring (bicyclic) bond motifs is 11. The van der Waals surface area contributed by atoms with Crippen molar-refractivity contribution >= 4 is 16.7 Å². The molecule has 1 saturated heterocycles. The second-order valence-corrected chi connectivity index (χ2v) is 14.9. The Morgan fingerprint density at radius 1 is 1.11 bits per heavy atom. The fourth-order valence-corrected chi connectivity index (χ4v) is 13.1. The smallest absolute Gasteiger partial charge is 0.243 e. The zero-order valence-electron chi connectivity index (χ0n) is 22.6. The predicted octanol–water partition coefficient (Wildman–Crippen LogP) is 3.81. The van der Waals surface area contributed by atoms with Crippen LogP contribution in [0.15, 0.2) is 24.3 Å². The lowest BCUT2D eigenvalue weighted by Gasteiger charge is -2.47. The topological polar surface area (TPSA) is 76.1 Å². The SMILES string of the molecule is COc1cc2c(cc1OC)[C@@]1(C)[C@@H]3[C@@H]4C=C[C@@H](C4)[C@]3([S@](=O)C[C@]34CC[C@H](C[C@H]3O)C4(C)C)C(=O)N1CC2. The lowest BCUT2D eigenvalue weighted by atomic mass is 9.68. The molecule has 6 aliphatic rings. The Morgan fingerprint density at radius 3 is 2.49 bits per heavy atom. The number of methoxy groups -OCH3 is 2. The second-order valence-electron chi connectivity index (χ2n) is 13.2. The molecule has 1 aromatic rings. The number of hydrogen-bond acceptors (Lipinski definition) is 5. The van der Waals surface area contributed by atoms with Gasteiger partial charge in [-0.3, -0.25) is 9.00 Å². The monoisotopic (exact) mass is 525 g/mol. The lowest BCUT2D eigenvalue weighted by molar-refractivity contribution is -0.134. The number of aliphatic hydroxyl groups is 1. The summed E-state index contributed by atoms with van der Waals surface area (Å²) in [5, 5.41) is 11.3. The minimum absolute atomic E-state index is 0.0166. The molecule has 200 valence electrons. The average molecular weight is 526 g/mol. The van der Waals surface area contributed by atoms with Crippen LogP contribution in [0.3, 0.4) is 0 Å². The Morgan fingerprint density at radius 2 is 1.84 bits per heavy atom. The molecule has 6 nitrogen and oxygen atoms in total. The largest absolute Gasteiger partial charge is 0.493 e. The minimum atomic E-state index is -1.41. The van der Waals surface area contributed by atoms with Crippen LogP contribution in [-0.2, 0) is 27.6 Å². The number of allylic oxidation sites excluding steroid dienone is 2. The zero-order chi connectivity index (χ0) is 26.1. The highest BCUT2D eigenvalue weighted by molar-refractivity contribution is 7.87. The first-order valence-electron chi connectivity index (χ1n) is 13.9. The summed E-state index contributed by atoms with van der Waals surface area (Å²) in [6, 6.07) is 4.13. The molecule has 0 spiro atoms. The number of benzene rings is 1. The third kappa shape index (κ3) is 2.53. The summed E-state index contributed by atoms with van der Waals surface area (Å²) in [6.45, 7) is 7.33. The molecule has 2 heterocycles. The van der Waals surface area contributed by atoms with Gasteiger partial charge in [0.1, 0.15) is 4.75 Å². The van der Waals surface area contributed by atoms with E-state index in [1.54, 1.807) is 14.2 Å². The summed E-state index contributed by atoms with van der Waals surface area (Å²) >= 11 is 0. The highest BCUT2D eigenvalue weighted by atomic mass is 32.2. The van der Waals surface area contributed by atoms with Crippen molar-refractivity contribution in [2.24, 2.45) is 34.5 Å². The van der Waals surface area contributed by atoms with Crippen LogP contribution < -0.4 is 9.47 Å². The van der Waals surface area contributed by atoms with Crippen molar-refractivity contribution in [2.45, 2.75) is 69.3 Å². The number of amides is 1. The Balaban J connectivity index is 1.37. The first-order valence-corrected chi connectivity index (χ1v) is 15.2. The van der Waals surface area contributed by atoms with Crippen LogP contribution in [0.5, 0.6) is 11.5 Å². The number of carbonyl (C=O) groups is 1. The van der Waals surface area contributed by atoms with Gasteiger partial charge in [-0.05, 0) is 79.5 Å². The molecule has 1 aromatic carbocycles. The van der Waals surface area contributed by atoms with Crippen LogP contribution in [-0.4, -0.2) is 57.5 Å². The Labute approximate surface area is 222 Å². The van der Waals surface area contributed by atoms with Gasteiger partial charge in [0, 0.05) is 40.3 Å². The molecule has 1 amide bonds. The van der Waals surface area contributed by atoms with Gasteiger partial charge in [-0.25, -0.2) is 0 Å².